The number of imidazole rings is 1. The van der Waals surface area contributed by atoms with Gasteiger partial charge in [-0.15, -0.1) is 0 Å². The largest absolute Gasteiger partial charge is 0.449 e. The Balaban J connectivity index is 1.97. The molecule has 1 aliphatic rings. The van der Waals surface area contributed by atoms with Gasteiger partial charge in [-0.2, -0.15) is 13.2 Å². The van der Waals surface area contributed by atoms with Crippen LogP contribution in [0.2, 0.25) is 0 Å². The van der Waals surface area contributed by atoms with E-state index in [9.17, 15) is 22.4 Å². The molecule has 5 nitrogen and oxygen atoms in total. The lowest BCUT2D eigenvalue weighted by atomic mass is 10.2. The molecule has 0 bridgehead atoms. The van der Waals surface area contributed by atoms with Gasteiger partial charge in [0.05, 0.1) is 0 Å². The van der Waals surface area contributed by atoms with Crippen molar-refractivity contribution in [1.82, 2.24) is 19.8 Å². The van der Waals surface area contributed by atoms with E-state index in [2.05, 4.69) is 26.2 Å². The van der Waals surface area contributed by atoms with Crippen molar-refractivity contribution in [2.45, 2.75) is 12.7 Å². The molecule has 0 atom stereocenters. The maximum Gasteiger partial charge on any atom is 0.449 e. The van der Waals surface area contributed by atoms with Crippen molar-refractivity contribution in [3.05, 3.63) is 40.5 Å². The Kier molecular flexibility index (Phi) is 5.33. The Morgan fingerprint density at radius 3 is 2.38 bits per heavy atom. The molecular formula is C16H15BrF4N4O. The number of carbonyl (C=O) groups is 1. The van der Waals surface area contributed by atoms with Crippen molar-refractivity contribution < 1.29 is 22.4 Å². The fourth-order valence-corrected chi connectivity index (χ4v) is 3.35. The van der Waals surface area contributed by atoms with Crippen LogP contribution < -0.4 is 5.32 Å². The van der Waals surface area contributed by atoms with Crippen LogP contribution in [0, 0.1) is 5.82 Å². The van der Waals surface area contributed by atoms with Gasteiger partial charge < -0.3 is 14.8 Å². The van der Waals surface area contributed by atoms with E-state index in [0.717, 1.165) is 16.7 Å². The first-order valence-corrected chi connectivity index (χ1v) is 8.64. The highest BCUT2D eigenvalue weighted by Crippen LogP contribution is 2.36. The number of amides is 1. The molecule has 1 aromatic heterocycles. The molecule has 1 fully saturated rings. The molecular weight excluding hydrogens is 420 g/mol. The molecule has 0 saturated carbocycles. The summed E-state index contributed by atoms with van der Waals surface area (Å²) in [7, 11) is 0. The van der Waals surface area contributed by atoms with Crippen LogP contribution in [0.1, 0.15) is 5.82 Å². The Hall–Kier alpha value is -1.94. The van der Waals surface area contributed by atoms with E-state index in [0.29, 0.717) is 31.7 Å². The second-order valence-corrected chi connectivity index (χ2v) is 6.55. The summed E-state index contributed by atoms with van der Waals surface area (Å²) in [4.78, 5) is 17.6. The normalized spacial score (nSPS) is 15.3. The second-order valence-electron chi connectivity index (χ2n) is 5.80. The predicted molar refractivity (Wildman–Crippen MR) is 89.8 cm³/mol. The Labute approximate surface area is 155 Å². The van der Waals surface area contributed by atoms with Crippen LogP contribution in [0.4, 0.5) is 17.6 Å². The summed E-state index contributed by atoms with van der Waals surface area (Å²) in [6.07, 6.45) is -4.73. The molecule has 140 valence electrons. The summed E-state index contributed by atoms with van der Waals surface area (Å²) < 4.78 is 54.2. The third kappa shape index (κ3) is 3.90. The highest BCUT2D eigenvalue weighted by Gasteiger charge is 2.39. The predicted octanol–water partition coefficient (Wildman–Crippen LogP) is 2.90. The number of nitrogens with zero attached hydrogens (tertiary/aromatic N) is 3. The van der Waals surface area contributed by atoms with Gasteiger partial charge >= 0.3 is 6.18 Å². The molecule has 3 rings (SSSR count). The van der Waals surface area contributed by atoms with Crippen LogP contribution in [-0.2, 0) is 17.5 Å². The van der Waals surface area contributed by atoms with Gasteiger partial charge in [-0.1, -0.05) is 0 Å². The van der Waals surface area contributed by atoms with Crippen molar-refractivity contribution in [2.75, 3.05) is 26.2 Å². The summed E-state index contributed by atoms with van der Waals surface area (Å²) in [6.45, 7) is 1.60. The molecule has 2 aromatic rings. The molecule has 1 aromatic carbocycles. The van der Waals surface area contributed by atoms with E-state index < -0.39 is 30.3 Å². The SMILES string of the molecule is O=C(Cn1c(C(F)(F)F)nc(-c2ccc(F)cc2)c1Br)N1CCNCC1. The third-order valence-electron chi connectivity index (χ3n) is 4.04. The molecule has 0 aliphatic carbocycles. The van der Waals surface area contributed by atoms with Crippen LogP contribution in [0.3, 0.4) is 0 Å². The van der Waals surface area contributed by atoms with E-state index in [4.69, 9.17) is 0 Å². The Bertz CT molecular complexity index is 798. The van der Waals surface area contributed by atoms with Crippen molar-refractivity contribution >= 4 is 21.8 Å². The molecule has 1 amide bonds. The zero-order valence-electron chi connectivity index (χ0n) is 13.5. The minimum absolute atomic E-state index is 0.00503. The maximum atomic E-state index is 13.4. The summed E-state index contributed by atoms with van der Waals surface area (Å²) >= 11 is 3.13. The second kappa shape index (κ2) is 7.36. The number of halogens is 5. The average molecular weight is 435 g/mol. The fraction of sp³-hybridized carbons (Fsp3) is 0.375. The number of benzene rings is 1. The summed E-state index contributed by atoms with van der Waals surface area (Å²) in [5.74, 6) is -2.10. The summed E-state index contributed by atoms with van der Waals surface area (Å²) in [5, 5.41) is 3.08. The highest BCUT2D eigenvalue weighted by molar-refractivity contribution is 9.10. The Morgan fingerprint density at radius 2 is 1.81 bits per heavy atom. The van der Waals surface area contributed by atoms with Crippen LogP contribution in [0.5, 0.6) is 0 Å². The zero-order valence-corrected chi connectivity index (χ0v) is 15.1. The maximum absolute atomic E-state index is 13.4. The first-order valence-electron chi connectivity index (χ1n) is 7.85. The van der Waals surface area contributed by atoms with Crippen LogP contribution in [0.25, 0.3) is 11.3 Å². The van der Waals surface area contributed by atoms with E-state index in [1.807, 2.05) is 0 Å². The van der Waals surface area contributed by atoms with Gasteiger partial charge in [0.25, 0.3) is 0 Å². The lowest BCUT2D eigenvalue weighted by Gasteiger charge is -2.28. The van der Waals surface area contributed by atoms with Crippen LogP contribution >= 0.6 is 15.9 Å². The van der Waals surface area contributed by atoms with Gasteiger partial charge in [-0.3, -0.25) is 4.79 Å². The van der Waals surface area contributed by atoms with Crippen molar-refractivity contribution in [3.63, 3.8) is 0 Å². The van der Waals surface area contributed by atoms with Crippen molar-refractivity contribution in [1.29, 1.82) is 0 Å². The van der Waals surface area contributed by atoms with Gasteiger partial charge in [-0.05, 0) is 40.2 Å². The van der Waals surface area contributed by atoms with Crippen molar-refractivity contribution in [3.8, 4) is 11.3 Å². The van der Waals surface area contributed by atoms with Gasteiger partial charge in [-0.25, -0.2) is 9.37 Å². The number of hydrogen-bond acceptors (Lipinski definition) is 3. The molecule has 26 heavy (non-hydrogen) atoms. The number of nitrogens with one attached hydrogen (secondary N) is 1. The molecule has 10 heteroatoms. The first-order chi connectivity index (χ1) is 12.3. The highest BCUT2D eigenvalue weighted by atomic mass is 79.9. The van der Waals surface area contributed by atoms with E-state index in [-0.39, 0.29) is 10.3 Å². The van der Waals surface area contributed by atoms with E-state index >= 15 is 0 Å². The topological polar surface area (TPSA) is 50.2 Å². The molecule has 0 radical (unpaired) electrons. The van der Waals surface area contributed by atoms with Crippen LogP contribution in [0.15, 0.2) is 28.9 Å². The minimum Gasteiger partial charge on any atom is -0.339 e. The standard InChI is InChI=1S/C16H15BrF4N4O/c17-14-13(10-1-3-11(18)4-2-10)23-15(16(19,20)21)25(14)9-12(26)24-7-5-22-6-8-24/h1-4,22H,5-9H2. The number of aromatic nitrogens is 2. The molecule has 1 N–H and O–H groups in total. The summed E-state index contributed by atoms with van der Waals surface area (Å²) in [6, 6.07) is 4.95. The van der Waals surface area contributed by atoms with Crippen LogP contribution in [-0.4, -0.2) is 46.5 Å². The van der Waals surface area contributed by atoms with Crippen molar-refractivity contribution in [2.24, 2.45) is 0 Å². The monoisotopic (exact) mass is 434 g/mol. The van der Waals surface area contributed by atoms with E-state index in [1.165, 1.54) is 17.0 Å². The molecule has 2 heterocycles. The van der Waals surface area contributed by atoms with Gasteiger partial charge in [0.1, 0.15) is 22.7 Å². The average Bonchev–Trinajstić information content (AvgIpc) is 2.93. The smallest absolute Gasteiger partial charge is 0.339 e. The Morgan fingerprint density at radius 1 is 1.19 bits per heavy atom. The van der Waals surface area contributed by atoms with Gasteiger partial charge in [0.2, 0.25) is 11.7 Å². The lowest BCUT2D eigenvalue weighted by molar-refractivity contribution is -0.148. The number of hydrogen-bond donors (Lipinski definition) is 1. The van der Waals surface area contributed by atoms with Gasteiger partial charge in [0.15, 0.2) is 0 Å². The molecule has 1 saturated heterocycles. The lowest BCUT2D eigenvalue weighted by Crippen LogP contribution is -2.47. The fourth-order valence-electron chi connectivity index (χ4n) is 2.73. The number of carbonyl (C=O) groups excluding carboxylic acids is 1. The van der Waals surface area contributed by atoms with Gasteiger partial charge in [0, 0.05) is 31.7 Å². The molecule has 0 unspecified atom stereocenters. The minimum atomic E-state index is -4.73. The number of piperazine rings is 1. The quantitative estimate of drug-likeness (QED) is 0.755. The first kappa shape index (κ1) is 18.8. The molecule has 0 spiro atoms. The zero-order chi connectivity index (χ0) is 18.9. The molecule has 1 aliphatic heterocycles. The number of rotatable bonds is 3. The summed E-state index contributed by atoms with van der Waals surface area (Å²) in [5.41, 5.74) is 0.322. The van der Waals surface area contributed by atoms with E-state index in [1.54, 1.807) is 0 Å². The third-order valence-corrected chi connectivity index (χ3v) is 4.84. The number of alkyl halides is 3.